The molecule has 4 amide bonds. The van der Waals surface area contributed by atoms with Gasteiger partial charge >= 0.3 is 13.3 Å². The molecular weight excluding hydrogens is 744 g/mol. The summed E-state index contributed by atoms with van der Waals surface area (Å²) in [5.41, 5.74) is 0.418. The Bertz CT molecular complexity index is 2070. The lowest BCUT2D eigenvalue weighted by Gasteiger charge is -2.35. The van der Waals surface area contributed by atoms with Crippen LogP contribution in [0.4, 0.5) is 13.2 Å². The van der Waals surface area contributed by atoms with E-state index in [0.29, 0.717) is 46.0 Å². The molecule has 2 aromatic heterocycles. The Morgan fingerprint density at radius 2 is 1.88 bits per heavy atom. The van der Waals surface area contributed by atoms with Gasteiger partial charge in [-0.1, -0.05) is 24.3 Å². The summed E-state index contributed by atoms with van der Waals surface area (Å²) in [6, 6.07) is 7.42. The number of fused-ring (bicyclic) bond motifs is 2. The molecule has 52 heavy (non-hydrogen) atoms. The van der Waals surface area contributed by atoms with E-state index in [-0.39, 0.29) is 35.7 Å². The Labute approximate surface area is 302 Å². The van der Waals surface area contributed by atoms with E-state index in [9.17, 15) is 36.9 Å². The van der Waals surface area contributed by atoms with Gasteiger partial charge in [-0.3, -0.25) is 23.7 Å². The summed E-state index contributed by atoms with van der Waals surface area (Å²) < 4.78 is 54.9. The lowest BCUT2D eigenvalue weighted by atomic mass is 10.1. The molecule has 0 bridgehead atoms. The first kappa shape index (κ1) is 37.6. The molecule has 4 aromatic rings. The molecule has 0 saturated carbocycles. The predicted molar refractivity (Wildman–Crippen MR) is 187 cm³/mol. The first-order valence-corrected chi connectivity index (χ1v) is 19.5. The maximum Gasteiger partial charge on any atom is 0.399 e. The van der Waals surface area contributed by atoms with Crippen LogP contribution in [0.1, 0.15) is 58.4 Å². The van der Waals surface area contributed by atoms with Crippen LogP contribution in [-0.4, -0.2) is 74.5 Å². The van der Waals surface area contributed by atoms with Crippen molar-refractivity contribution in [1.29, 1.82) is 0 Å². The molecule has 4 heterocycles. The molecule has 7 N–H and O–H groups in total. The third-order valence-corrected chi connectivity index (χ3v) is 12.3. The highest BCUT2D eigenvalue weighted by atomic mass is 32.1. The Hall–Kier alpha value is -4.19. The average molecular weight is 779 g/mol. The number of thiazole rings is 1. The molecule has 0 spiro atoms. The number of nitrogens with one attached hydrogen (secondary N) is 3. The van der Waals surface area contributed by atoms with Crippen molar-refractivity contribution in [2.24, 2.45) is 5.73 Å². The number of thiophene rings is 1. The van der Waals surface area contributed by atoms with Gasteiger partial charge in [0.05, 0.1) is 15.8 Å². The Kier molecular flexibility index (Phi) is 10.9. The molecule has 2 fully saturated rings. The van der Waals surface area contributed by atoms with Gasteiger partial charge in [0.1, 0.15) is 22.9 Å². The van der Waals surface area contributed by atoms with E-state index < -0.39 is 66.4 Å². The second-order valence-corrected chi connectivity index (χ2v) is 16.4. The highest BCUT2D eigenvalue weighted by molar-refractivity contribution is 7.52. The first-order valence-electron chi connectivity index (χ1n) is 16.2. The number of hydrogen-bond donors (Lipinski definition) is 6. The van der Waals surface area contributed by atoms with Crippen LogP contribution in [0.25, 0.3) is 20.5 Å². The van der Waals surface area contributed by atoms with Gasteiger partial charge in [-0.2, -0.15) is 8.78 Å². The van der Waals surface area contributed by atoms with Crippen molar-refractivity contribution in [1.82, 2.24) is 25.8 Å². The lowest BCUT2D eigenvalue weighted by molar-refractivity contribution is -0.142. The first-order chi connectivity index (χ1) is 24.6. The number of rotatable bonds is 11. The van der Waals surface area contributed by atoms with Crippen LogP contribution in [0.5, 0.6) is 0 Å². The van der Waals surface area contributed by atoms with Gasteiger partial charge in [0, 0.05) is 41.0 Å². The molecule has 19 heteroatoms. The minimum Gasteiger partial charge on any atom is -0.370 e. The molecule has 0 radical (unpaired) electrons. The van der Waals surface area contributed by atoms with Crippen LogP contribution in [0, 0.1) is 5.82 Å². The van der Waals surface area contributed by atoms with Gasteiger partial charge in [-0.25, -0.2) is 9.37 Å². The third kappa shape index (κ3) is 7.77. The van der Waals surface area contributed by atoms with E-state index in [4.69, 9.17) is 15.5 Å². The topological polar surface area (TPSA) is 204 Å². The Morgan fingerprint density at radius 3 is 2.62 bits per heavy atom. The second kappa shape index (κ2) is 15.0. The van der Waals surface area contributed by atoms with Crippen LogP contribution in [0.15, 0.2) is 54.7 Å². The number of primary amides is 1. The van der Waals surface area contributed by atoms with Crippen molar-refractivity contribution in [3.63, 3.8) is 0 Å². The van der Waals surface area contributed by atoms with Crippen molar-refractivity contribution in [2.75, 3.05) is 13.1 Å². The van der Waals surface area contributed by atoms with Crippen LogP contribution < -0.4 is 21.7 Å². The number of nitrogens with two attached hydrogens (primary N) is 1. The van der Waals surface area contributed by atoms with Crippen molar-refractivity contribution in [3.05, 3.63) is 76.0 Å². The zero-order chi connectivity index (χ0) is 37.4. The number of nitrogens with zero attached hydrogens (tertiary/aromatic N) is 2. The quantitative estimate of drug-likeness (QED) is 0.122. The minimum atomic E-state index is -5.81. The van der Waals surface area contributed by atoms with Crippen LogP contribution >= 0.6 is 30.3 Å². The summed E-state index contributed by atoms with van der Waals surface area (Å²) in [6.45, 7) is 0.540. The molecule has 2 aliphatic heterocycles. The molecule has 2 aromatic carbocycles. The number of amides is 4. The van der Waals surface area contributed by atoms with E-state index in [1.165, 1.54) is 29.3 Å². The lowest BCUT2D eigenvalue weighted by Crippen LogP contribution is -2.60. The fraction of sp³-hybridized carbons (Fsp3) is 0.364. The number of hydrogen-bond acceptors (Lipinski definition) is 9. The van der Waals surface area contributed by atoms with Crippen LogP contribution in [0.2, 0.25) is 0 Å². The summed E-state index contributed by atoms with van der Waals surface area (Å²) in [5.74, 6) is -2.70. The Morgan fingerprint density at radius 1 is 1.12 bits per heavy atom. The van der Waals surface area contributed by atoms with Crippen LogP contribution in [0.3, 0.4) is 0 Å². The smallest absolute Gasteiger partial charge is 0.370 e. The molecule has 4 atom stereocenters. The maximum absolute atomic E-state index is 14.5. The summed E-state index contributed by atoms with van der Waals surface area (Å²) in [7, 11) is -5.81. The normalized spacial score (nSPS) is 20.2. The van der Waals surface area contributed by atoms with Gasteiger partial charge in [-0.15, -0.1) is 22.7 Å². The number of alkyl halides is 2. The number of halogens is 3. The van der Waals surface area contributed by atoms with Crippen molar-refractivity contribution < 1.29 is 46.7 Å². The summed E-state index contributed by atoms with van der Waals surface area (Å²) in [5, 5.41) is 9.37. The molecule has 276 valence electrons. The van der Waals surface area contributed by atoms with Gasteiger partial charge in [0.15, 0.2) is 0 Å². The Balaban J connectivity index is 1.19. The molecule has 2 aliphatic rings. The number of carbonyl (C=O) groups excluding carboxylic acids is 4. The third-order valence-electron chi connectivity index (χ3n) is 9.08. The van der Waals surface area contributed by atoms with Gasteiger partial charge < -0.3 is 36.4 Å². The molecule has 2 saturated heterocycles. The van der Waals surface area contributed by atoms with Crippen molar-refractivity contribution in [2.45, 2.75) is 61.9 Å². The van der Waals surface area contributed by atoms with Gasteiger partial charge in [0.25, 0.3) is 5.91 Å². The van der Waals surface area contributed by atoms with Crippen molar-refractivity contribution >= 4 is 64.0 Å². The van der Waals surface area contributed by atoms with Crippen LogP contribution in [-0.2, 0) is 24.6 Å². The minimum absolute atomic E-state index is 0.0465. The highest BCUT2D eigenvalue weighted by Gasteiger charge is 2.50. The highest BCUT2D eigenvalue weighted by Crippen LogP contribution is 2.59. The maximum atomic E-state index is 14.5. The molecule has 1 unspecified atom stereocenters. The summed E-state index contributed by atoms with van der Waals surface area (Å²) in [4.78, 5) is 77.8. The molecule has 6 rings (SSSR count). The van der Waals surface area contributed by atoms with Crippen molar-refractivity contribution in [3.8, 4) is 10.4 Å². The van der Waals surface area contributed by atoms with E-state index in [2.05, 4.69) is 20.9 Å². The standard InChI is InChI=1S/C33H34F3N6O7PS2/c34-21-4-2-1-3-20(21)27-16-39-31(52-27)22(7-10-28(37)43)40-29(44)24-8-6-19-11-12-38-15-23(32(46)42(19)24)41-30(45)26-14-17-13-18(5-9-25(17)51-26)33(35,36)50(47,48)49/h1-5,9,13-14,16,19,22-24,38H,6-8,10-12,15H2,(H2,37,43)(H,40,44)(H,41,45)(H2,47,48,49)/t19-,22?,23+,24+/m1/s1. The summed E-state index contributed by atoms with van der Waals surface area (Å²) >= 11 is 2.11. The largest absolute Gasteiger partial charge is 0.399 e. The number of benzene rings is 2. The van der Waals surface area contributed by atoms with E-state index in [1.54, 1.807) is 18.2 Å². The predicted octanol–water partition coefficient (Wildman–Crippen LogP) is 3.97. The number of aromatic nitrogens is 1. The monoisotopic (exact) mass is 778 g/mol. The van der Waals surface area contributed by atoms with Gasteiger partial charge in [0.2, 0.25) is 17.7 Å². The zero-order valence-corrected chi connectivity index (χ0v) is 29.8. The van der Waals surface area contributed by atoms with E-state index in [1.807, 2.05) is 0 Å². The molecule has 13 nitrogen and oxygen atoms in total. The number of carbonyl (C=O) groups is 4. The van der Waals surface area contributed by atoms with Gasteiger partial charge in [-0.05, 0) is 61.9 Å². The fourth-order valence-corrected chi connectivity index (χ4v) is 8.89. The van der Waals surface area contributed by atoms with E-state index in [0.717, 1.165) is 34.8 Å². The molecule has 0 aliphatic carbocycles. The second-order valence-electron chi connectivity index (χ2n) is 12.6. The zero-order valence-electron chi connectivity index (χ0n) is 27.3. The molecular formula is C33H34F3N6O7PS2. The summed E-state index contributed by atoms with van der Waals surface area (Å²) in [6.07, 6.45) is 2.94. The fourth-order valence-electron chi connectivity index (χ4n) is 6.44. The average Bonchev–Trinajstić information content (AvgIpc) is 3.85. The SMILES string of the molecule is NC(=O)CCC(NC(=O)[C@@H]1CC[C@@H]2CCNC[C@H](NC(=O)c3cc4cc(C(F)(F)P(=O)(O)O)ccc4s3)C(=O)N21)c1ncc(-c2ccccc2F)s1. The van der Waals surface area contributed by atoms with E-state index >= 15 is 0 Å².